The van der Waals surface area contributed by atoms with E-state index in [1.807, 2.05) is 0 Å². The van der Waals surface area contributed by atoms with E-state index in [0.29, 0.717) is 18.1 Å². The summed E-state index contributed by atoms with van der Waals surface area (Å²) in [5, 5.41) is 11.9. The maximum Gasteiger partial charge on any atom is 0.331 e. The van der Waals surface area contributed by atoms with Gasteiger partial charge in [-0.1, -0.05) is 0 Å². The molecular formula is C14H17NO6. The van der Waals surface area contributed by atoms with Crippen LogP contribution in [0.15, 0.2) is 18.2 Å². The molecule has 1 heterocycles. The van der Waals surface area contributed by atoms with Crippen LogP contribution in [-0.2, 0) is 9.53 Å². The molecule has 21 heavy (non-hydrogen) atoms. The second kappa shape index (κ2) is 6.01. The molecule has 0 aromatic heterocycles. The Bertz CT molecular complexity index is 550. The second-order valence-corrected chi connectivity index (χ2v) is 4.71. The number of hydrogen-bond acceptors (Lipinski definition) is 5. The van der Waals surface area contributed by atoms with Crippen molar-refractivity contribution in [1.29, 1.82) is 0 Å². The molecule has 1 aromatic rings. The summed E-state index contributed by atoms with van der Waals surface area (Å²) in [6.07, 6.45) is 0.223. The van der Waals surface area contributed by atoms with Crippen molar-refractivity contribution in [2.75, 3.05) is 27.4 Å². The molecule has 1 aliphatic rings. The first-order valence-electron chi connectivity index (χ1n) is 6.38. The van der Waals surface area contributed by atoms with Gasteiger partial charge in [0, 0.05) is 13.0 Å². The Morgan fingerprint density at radius 2 is 2.10 bits per heavy atom. The smallest absolute Gasteiger partial charge is 0.331 e. The molecular weight excluding hydrogens is 278 g/mol. The molecule has 0 saturated carbocycles. The van der Waals surface area contributed by atoms with Crippen LogP contribution < -0.4 is 14.8 Å². The van der Waals surface area contributed by atoms with Crippen LogP contribution in [0.2, 0.25) is 0 Å². The fraction of sp³-hybridized carbons (Fsp3) is 0.429. The molecule has 7 heteroatoms. The highest BCUT2D eigenvalue weighted by atomic mass is 16.5. The fourth-order valence-corrected chi connectivity index (χ4v) is 2.16. The van der Waals surface area contributed by atoms with Gasteiger partial charge in [-0.15, -0.1) is 0 Å². The number of ether oxygens (including phenoxy) is 3. The molecule has 0 radical (unpaired) electrons. The Hall–Kier alpha value is -2.28. The molecule has 1 saturated heterocycles. The third-order valence-corrected chi connectivity index (χ3v) is 3.44. The molecule has 114 valence electrons. The van der Waals surface area contributed by atoms with Gasteiger partial charge >= 0.3 is 5.97 Å². The predicted molar refractivity (Wildman–Crippen MR) is 72.8 cm³/mol. The minimum atomic E-state index is -1.40. The lowest BCUT2D eigenvalue weighted by Gasteiger charge is -2.24. The summed E-state index contributed by atoms with van der Waals surface area (Å²) in [6.45, 7) is 0.238. The van der Waals surface area contributed by atoms with Gasteiger partial charge in [-0.25, -0.2) is 4.79 Å². The highest BCUT2D eigenvalue weighted by Crippen LogP contribution is 2.26. The van der Waals surface area contributed by atoms with Gasteiger partial charge in [0.05, 0.1) is 26.4 Å². The largest absolute Gasteiger partial charge is 0.497 e. The van der Waals surface area contributed by atoms with Crippen molar-refractivity contribution in [2.45, 2.75) is 12.0 Å². The lowest BCUT2D eigenvalue weighted by molar-refractivity contribution is -0.144. The van der Waals surface area contributed by atoms with Crippen molar-refractivity contribution in [1.82, 2.24) is 5.32 Å². The predicted octanol–water partition coefficient (Wildman–Crippen LogP) is 0.677. The highest BCUT2D eigenvalue weighted by molar-refractivity contribution is 6.00. The van der Waals surface area contributed by atoms with Crippen LogP contribution in [0, 0.1) is 0 Å². The first-order valence-corrected chi connectivity index (χ1v) is 6.38. The standard InChI is InChI=1S/C14H17NO6/c1-19-9-3-4-11(20-2)10(7-9)12(16)15-14(13(17)18)5-6-21-8-14/h3-4,7H,5-6,8H2,1-2H3,(H,15,16)(H,17,18). The van der Waals surface area contributed by atoms with E-state index in [0.717, 1.165) is 0 Å². The Morgan fingerprint density at radius 3 is 2.62 bits per heavy atom. The van der Waals surface area contributed by atoms with E-state index in [9.17, 15) is 14.7 Å². The van der Waals surface area contributed by atoms with Gasteiger partial charge in [0.25, 0.3) is 5.91 Å². The summed E-state index contributed by atoms with van der Waals surface area (Å²) in [4.78, 5) is 23.8. The van der Waals surface area contributed by atoms with Crippen LogP contribution in [0.5, 0.6) is 11.5 Å². The van der Waals surface area contributed by atoms with E-state index in [1.54, 1.807) is 12.1 Å². The number of amides is 1. The van der Waals surface area contributed by atoms with E-state index in [1.165, 1.54) is 20.3 Å². The summed E-state index contributed by atoms with van der Waals surface area (Å²) >= 11 is 0. The summed E-state index contributed by atoms with van der Waals surface area (Å²) < 4.78 is 15.3. The quantitative estimate of drug-likeness (QED) is 0.829. The van der Waals surface area contributed by atoms with Gasteiger partial charge in [0.15, 0.2) is 5.54 Å². The molecule has 1 amide bonds. The van der Waals surface area contributed by atoms with Crippen molar-refractivity contribution in [3.05, 3.63) is 23.8 Å². The Balaban J connectivity index is 2.29. The van der Waals surface area contributed by atoms with Gasteiger partial charge in [-0.2, -0.15) is 0 Å². The first-order chi connectivity index (χ1) is 10.0. The molecule has 1 fully saturated rings. The van der Waals surface area contributed by atoms with Gasteiger partial charge in [-0.3, -0.25) is 4.79 Å². The summed E-state index contributed by atoms with van der Waals surface area (Å²) in [5.74, 6) is -0.838. The number of carboxylic acid groups (broad SMARTS) is 1. The average molecular weight is 295 g/mol. The van der Waals surface area contributed by atoms with E-state index >= 15 is 0 Å². The van der Waals surface area contributed by atoms with E-state index in [-0.39, 0.29) is 18.6 Å². The van der Waals surface area contributed by atoms with Crippen molar-refractivity contribution < 1.29 is 28.9 Å². The zero-order valence-corrected chi connectivity index (χ0v) is 11.8. The second-order valence-electron chi connectivity index (χ2n) is 4.71. The van der Waals surface area contributed by atoms with E-state index < -0.39 is 17.4 Å². The number of hydrogen-bond donors (Lipinski definition) is 2. The summed E-state index contributed by atoms with van der Waals surface area (Å²) in [5.41, 5.74) is -1.19. The van der Waals surface area contributed by atoms with Gasteiger partial charge in [-0.05, 0) is 18.2 Å². The number of nitrogens with one attached hydrogen (secondary N) is 1. The maximum absolute atomic E-state index is 12.4. The number of rotatable bonds is 5. The normalized spacial score (nSPS) is 20.9. The minimum Gasteiger partial charge on any atom is -0.497 e. The molecule has 0 bridgehead atoms. The number of benzene rings is 1. The molecule has 2 rings (SSSR count). The van der Waals surface area contributed by atoms with Gasteiger partial charge < -0.3 is 24.6 Å². The van der Waals surface area contributed by atoms with Crippen molar-refractivity contribution in [2.24, 2.45) is 0 Å². The molecule has 7 nitrogen and oxygen atoms in total. The lowest BCUT2D eigenvalue weighted by Crippen LogP contribution is -2.55. The number of methoxy groups -OCH3 is 2. The van der Waals surface area contributed by atoms with Crippen LogP contribution >= 0.6 is 0 Å². The summed E-state index contributed by atoms with van der Waals surface area (Å²) in [6, 6.07) is 4.74. The zero-order chi connectivity index (χ0) is 15.5. The SMILES string of the molecule is COc1ccc(OC)c(C(=O)NC2(C(=O)O)CCOC2)c1. The third kappa shape index (κ3) is 2.92. The fourth-order valence-electron chi connectivity index (χ4n) is 2.16. The first kappa shape index (κ1) is 15.1. The molecule has 1 aliphatic heterocycles. The van der Waals surface area contributed by atoms with Crippen LogP contribution in [0.25, 0.3) is 0 Å². The van der Waals surface area contributed by atoms with Crippen LogP contribution in [0.1, 0.15) is 16.8 Å². The molecule has 1 unspecified atom stereocenters. The van der Waals surface area contributed by atoms with Gasteiger partial charge in [0.1, 0.15) is 11.5 Å². The number of carboxylic acids is 1. The Kier molecular flexibility index (Phi) is 4.32. The average Bonchev–Trinajstić information content (AvgIpc) is 2.96. The van der Waals surface area contributed by atoms with Crippen LogP contribution in [0.4, 0.5) is 0 Å². The van der Waals surface area contributed by atoms with Gasteiger partial charge in [0.2, 0.25) is 0 Å². The maximum atomic E-state index is 12.4. The van der Waals surface area contributed by atoms with Crippen LogP contribution in [-0.4, -0.2) is 50.0 Å². The lowest BCUT2D eigenvalue weighted by atomic mass is 9.98. The summed E-state index contributed by atoms with van der Waals surface area (Å²) in [7, 11) is 2.91. The van der Waals surface area contributed by atoms with Crippen molar-refractivity contribution in [3.63, 3.8) is 0 Å². The van der Waals surface area contributed by atoms with Crippen LogP contribution in [0.3, 0.4) is 0 Å². The number of aliphatic carboxylic acids is 1. The molecule has 0 aliphatic carbocycles. The van der Waals surface area contributed by atoms with Crippen molar-refractivity contribution >= 4 is 11.9 Å². The molecule has 0 spiro atoms. The Labute approximate surface area is 121 Å². The topological polar surface area (TPSA) is 94.1 Å². The molecule has 1 aromatic carbocycles. The van der Waals surface area contributed by atoms with E-state index in [4.69, 9.17) is 14.2 Å². The monoisotopic (exact) mass is 295 g/mol. The third-order valence-electron chi connectivity index (χ3n) is 3.44. The molecule has 2 N–H and O–H groups in total. The Morgan fingerprint density at radius 1 is 1.33 bits per heavy atom. The highest BCUT2D eigenvalue weighted by Gasteiger charge is 2.44. The minimum absolute atomic E-state index is 0.0552. The number of carbonyl (C=O) groups is 2. The zero-order valence-electron chi connectivity index (χ0n) is 11.8. The number of carbonyl (C=O) groups excluding carboxylic acids is 1. The van der Waals surface area contributed by atoms with Crippen molar-refractivity contribution in [3.8, 4) is 11.5 Å². The molecule has 1 atom stereocenters. The van der Waals surface area contributed by atoms with E-state index in [2.05, 4.69) is 5.32 Å².